The number of hydrogen-bond acceptors (Lipinski definition) is 15. The number of amides is 2. The second-order valence-corrected chi connectivity index (χ2v) is 20.3. The molecule has 2 aromatic heterocycles. The zero-order valence-corrected chi connectivity index (χ0v) is 41.7. The van der Waals surface area contributed by atoms with Crippen LogP contribution in [0, 0.1) is 6.92 Å². The van der Waals surface area contributed by atoms with Crippen molar-refractivity contribution in [2.45, 2.75) is 47.9 Å². The number of hydrogen-bond donors (Lipinski definition) is 2. The Kier molecular flexibility index (Phi) is 15.5. The summed E-state index contributed by atoms with van der Waals surface area (Å²) in [6, 6.07) is 46.4. The number of nitrogens with zero attached hydrogens (tertiary/aromatic N) is 4. The highest BCUT2D eigenvalue weighted by atomic mass is 32.2. The maximum absolute atomic E-state index is 14.7. The fourth-order valence-corrected chi connectivity index (χ4v) is 12.7. The van der Waals surface area contributed by atoms with Crippen LogP contribution in [0.5, 0.6) is 0 Å². The van der Waals surface area contributed by atoms with Crippen LogP contribution in [0.25, 0.3) is 0 Å². The molecular formula is C53H44F2N6O7S4. The van der Waals surface area contributed by atoms with Gasteiger partial charge < -0.3 is 24.9 Å². The molecule has 0 aliphatic carbocycles. The second kappa shape index (κ2) is 22.5. The number of thiazole rings is 2. The number of aryl methyl sites for hydroxylation is 1. The van der Waals surface area contributed by atoms with Crippen LogP contribution < -0.4 is 10.6 Å². The molecule has 13 nitrogen and oxygen atoms in total. The number of nitrogens with one attached hydrogen (secondary N) is 2. The standard InChI is InChI=1S/C53H44F2N6O7S4/c1-3-66-49(65)44-32(2)56-52(72-44)71-30-35-29-69-47-41(46(63)61(47)42(35)48(64)67-43(33-19-9-4-10-20-33)34-21-11-5-12-22-34)58-45(62)40(60-68-50(54)55)39-31-70-51(57-39)59-53(36-23-13-6-14-24-36,37-25-15-7-16-26-37)38-27-17-8-18-28-38/h4-28,31,41,43,47,50H,3,29-30H2,1-2H3,(H,57,59)(H,58,62)/t41?,47-/m1/s1. The summed E-state index contributed by atoms with van der Waals surface area (Å²) in [5.74, 6) is -2.48. The normalized spacial score (nSPS) is 15.7. The third-order valence-corrected chi connectivity index (χ3v) is 16.1. The molecule has 2 N–H and O–H groups in total. The van der Waals surface area contributed by atoms with Gasteiger partial charge in [0.15, 0.2) is 21.3 Å². The molecule has 19 heteroatoms. The smallest absolute Gasteiger partial charge is 0.407 e. The maximum atomic E-state index is 14.7. The number of esters is 2. The number of ether oxygens (including phenoxy) is 2. The minimum absolute atomic E-state index is 0.00128. The first-order valence-electron chi connectivity index (χ1n) is 22.5. The lowest BCUT2D eigenvalue weighted by Gasteiger charge is -2.49. The quantitative estimate of drug-likeness (QED) is 0.0197. The summed E-state index contributed by atoms with van der Waals surface area (Å²) < 4.78 is 39.4. The van der Waals surface area contributed by atoms with Gasteiger partial charge in [-0.2, -0.15) is 8.78 Å². The minimum atomic E-state index is -3.38. The fraction of sp³-hybridized carbons (Fsp3) is 0.189. The molecule has 7 aromatic rings. The predicted octanol–water partition coefficient (Wildman–Crippen LogP) is 10.2. The third kappa shape index (κ3) is 10.6. The topological polar surface area (TPSA) is 161 Å². The summed E-state index contributed by atoms with van der Waals surface area (Å²) in [6.45, 7) is 0.257. The van der Waals surface area contributed by atoms with Crippen molar-refractivity contribution in [3.8, 4) is 0 Å². The third-order valence-electron chi connectivity index (χ3n) is 11.7. The molecule has 2 atom stereocenters. The predicted molar refractivity (Wildman–Crippen MR) is 275 cm³/mol. The van der Waals surface area contributed by atoms with Crippen molar-refractivity contribution in [2.75, 3.05) is 23.4 Å². The van der Waals surface area contributed by atoms with Gasteiger partial charge in [0, 0.05) is 16.9 Å². The van der Waals surface area contributed by atoms with Crippen molar-refractivity contribution >= 4 is 80.8 Å². The number of thioether (sulfide) groups is 2. The van der Waals surface area contributed by atoms with Gasteiger partial charge in [0.25, 0.3) is 11.8 Å². The first-order chi connectivity index (χ1) is 35.0. The van der Waals surface area contributed by atoms with Gasteiger partial charge in [-0.25, -0.2) is 19.6 Å². The largest absolute Gasteiger partial charge is 0.462 e. The number of oxime groups is 1. The lowest BCUT2D eigenvalue weighted by atomic mass is 9.77. The Balaban J connectivity index is 1.01. The van der Waals surface area contributed by atoms with Crippen molar-refractivity contribution in [1.29, 1.82) is 0 Å². The lowest BCUT2D eigenvalue weighted by Crippen LogP contribution is -2.71. The van der Waals surface area contributed by atoms with E-state index >= 15 is 0 Å². The Morgan fingerprint density at radius 3 is 1.92 bits per heavy atom. The number of carbonyl (C=O) groups is 4. The average Bonchev–Trinajstić information content (AvgIpc) is 4.04. The van der Waals surface area contributed by atoms with E-state index in [1.165, 1.54) is 45.1 Å². The lowest BCUT2D eigenvalue weighted by molar-refractivity contribution is -0.154. The molecular weight excluding hydrogens is 999 g/mol. The number of β-lactam (4-membered cyclic amide) rings is 1. The molecule has 5 aromatic carbocycles. The highest BCUT2D eigenvalue weighted by Gasteiger charge is 2.55. The summed E-state index contributed by atoms with van der Waals surface area (Å²) in [7, 11) is 0. The monoisotopic (exact) mass is 1040 g/mol. The molecule has 9 rings (SSSR count). The van der Waals surface area contributed by atoms with Gasteiger partial charge in [-0.15, -0.1) is 34.4 Å². The van der Waals surface area contributed by atoms with Crippen LogP contribution in [0.3, 0.4) is 0 Å². The van der Waals surface area contributed by atoms with Gasteiger partial charge in [0.1, 0.15) is 33.2 Å². The van der Waals surface area contributed by atoms with E-state index in [4.69, 9.17) is 14.5 Å². The van der Waals surface area contributed by atoms with Crippen LogP contribution in [-0.2, 0) is 34.2 Å². The van der Waals surface area contributed by atoms with Crippen molar-refractivity contribution in [1.82, 2.24) is 20.2 Å². The summed E-state index contributed by atoms with van der Waals surface area (Å²) in [5.41, 5.74) is 3.39. The van der Waals surface area contributed by atoms with Crippen molar-refractivity contribution in [3.63, 3.8) is 0 Å². The van der Waals surface area contributed by atoms with E-state index in [1.807, 2.05) is 152 Å². The van der Waals surface area contributed by atoms with Crippen LogP contribution in [0.15, 0.2) is 178 Å². The number of benzene rings is 5. The highest BCUT2D eigenvalue weighted by molar-refractivity contribution is 8.01. The molecule has 0 radical (unpaired) electrons. The van der Waals surface area contributed by atoms with Crippen LogP contribution >= 0.6 is 46.2 Å². The first kappa shape index (κ1) is 49.8. The van der Waals surface area contributed by atoms with Crippen molar-refractivity contribution < 1.29 is 42.3 Å². The number of carbonyl (C=O) groups excluding carboxylic acids is 4. The molecule has 2 amide bonds. The Morgan fingerprint density at radius 1 is 0.819 bits per heavy atom. The van der Waals surface area contributed by atoms with E-state index in [-0.39, 0.29) is 29.5 Å². The van der Waals surface area contributed by atoms with Gasteiger partial charge in [-0.3, -0.25) is 14.5 Å². The van der Waals surface area contributed by atoms with Gasteiger partial charge in [0.2, 0.25) is 0 Å². The minimum Gasteiger partial charge on any atom is -0.462 e. The Labute approximate surface area is 429 Å². The van der Waals surface area contributed by atoms with Gasteiger partial charge in [-0.05, 0) is 47.2 Å². The van der Waals surface area contributed by atoms with Gasteiger partial charge in [-0.1, -0.05) is 169 Å². The van der Waals surface area contributed by atoms with E-state index < -0.39 is 59.1 Å². The molecule has 2 aliphatic rings. The Bertz CT molecular complexity index is 2970. The first-order valence-corrected chi connectivity index (χ1v) is 26.3. The summed E-state index contributed by atoms with van der Waals surface area (Å²) >= 11 is 4.88. The number of aromatic nitrogens is 2. The van der Waals surface area contributed by atoms with Crippen LogP contribution in [-0.4, -0.2) is 80.5 Å². The molecule has 4 heterocycles. The summed E-state index contributed by atoms with van der Waals surface area (Å²) in [5, 5.41) is 10.9. The summed E-state index contributed by atoms with van der Waals surface area (Å²) in [4.78, 5) is 71.4. The molecule has 1 saturated heterocycles. The van der Waals surface area contributed by atoms with E-state index in [9.17, 15) is 28.0 Å². The van der Waals surface area contributed by atoms with E-state index in [1.54, 1.807) is 13.8 Å². The van der Waals surface area contributed by atoms with Crippen LogP contribution in [0.2, 0.25) is 0 Å². The Morgan fingerprint density at radius 2 is 1.38 bits per heavy atom. The van der Waals surface area contributed by atoms with Crippen molar-refractivity contribution in [2.24, 2.45) is 5.16 Å². The maximum Gasteiger partial charge on any atom is 0.407 e. The second-order valence-electron chi connectivity index (χ2n) is 16.1. The van der Waals surface area contributed by atoms with Gasteiger partial charge >= 0.3 is 18.6 Å². The molecule has 366 valence electrons. The van der Waals surface area contributed by atoms with Crippen LogP contribution in [0.4, 0.5) is 13.9 Å². The Hall–Kier alpha value is -7.19. The summed E-state index contributed by atoms with van der Waals surface area (Å²) in [6.07, 6.45) is -0.848. The number of alkyl halides is 2. The number of halogens is 2. The molecule has 1 fully saturated rings. The highest BCUT2D eigenvalue weighted by Crippen LogP contribution is 2.44. The zero-order chi connectivity index (χ0) is 50.2. The number of anilines is 1. The zero-order valence-electron chi connectivity index (χ0n) is 38.5. The molecule has 1 unspecified atom stereocenters. The number of rotatable bonds is 19. The average molecular weight is 1040 g/mol. The van der Waals surface area contributed by atoms with Crippen molar-refractivity contribution in [3.05, 3.63) is 212 Å². The molecule has 0 saturated carbocycles. The van der Waals surface area contributed by atoms with Gasteiger partial charge in [0.05, 0.1) is 12.3 Å². The van der Waals surface area contributed by atoms with E-state index in [2.05, 4.69) is 25.6 Å². The van der Waals surface area contributed by atoms with Crippen LogP contribution in [0.1, 0.15) is 61.9 Å². The van der Waals surface area contributed by atoms with E-state index in [0.29, 0.717) is 36.7 Å². The SMILES string of the molecule is CCOC(=O)c1sc(SCC2=C(C(=O)OC(c3ccccc3)c3ccccc3)N3C(=O)C(NC(=O)C(=NOC(F)F)c4csc(NC(c5ccccc5)(c5ccccc5)c5ccccc5)n4)[C@H]3SC2)nc1C. The number of fused-ring (bicyclic) bond motifs is 1. The fourth-order valence-electron chi connectivity index (χ4n) is 8.39. The molecule has 2 aliphatic heterocycles. The molecule has 0 bridgehead atoms. The molecule has 0 spiro atoms. The van der Waals surface area contributed by atoms with E-state index in [0.717, 1.165) is 28.0 Å². The molecule has 72 heavy (non-hydrogen) atoms.